The van der Waals surface area contributed by atoms with E-state index in [1.54, 1.807) is 0 Å². The Morgan fingerprint density at radius 1 is 1.40 bits per heavy atom. The molecule has 1 fully saturated rings. The van der Waals surface area contributed by atoms with Gasteiger partial charge in [0.2, 0.25) is 0 Å². The van der Waals surface area contributed by atoms with Crippen molar-refractivity contribution in [1.29, 1.82) is 0 Å². The minimum atomic E-state index is 0. The zero-order chi connectivity index (χ0) is 9.10. The van der Waals surface area contributed by atoms with Crippen molar-refractivity contribution in [2.75, 3.05) is 18.9 Å². The zero-order valence-electron chi connectivity index (χ0n) is 8.69. The molecule has 0 aliphatic carbocycles. The molecule has 1 aliphatic heterocycles. The van der Waals surface area contributed by atoms with Gasteiger partial charge in [0.15, 0.2) is 0 Å². The molecule has 0 amide bonds. The quantitative estimate of drug-likeness (QED) is 0.846. The maximum absolute atomic E-state index is 4.50. The van der Waals surface area contributed by atoms with Crippen LogP contribution in [-0.4, -0.2) is 18.6 Å². The summed E-state index contributed by atoms with van der Waals surface area (Å²) < 4.78 is 0. The average molecular weight is 250 g/mol. The van der Waals surface area contributed by atoms with Gasteiger partial charge < -0.3 is 10.6 Å². The van der Waals surface area contributed by atoms with E-state index in [-0.39, 0.29) is 24.8 Å². The van der Waals surface area contributed by atoms with Crippen LogP contribution in [0, 0.1) is 0 Å². The Balaban J connectivity index is 0.000000980. The van der Waals surface area contributed by atoms with Crippen molar-refractivity contribution >= 4 is 30.6 Å². The second-order valence-corrected chi connectivity index (χ2v) is 3.35. The highest BCUT2D eigenvalue weighted by atomic mass is 35.5. The molecule has 2 N–H and O–H groups in total. The van der Waals surface area contributed by atoms with Gasteiger partial charge in [0, 0.05) is 13.1 Å². The summed E-state index contributed by atoms with van der Waals surface area (Å²) in [5, 5.41) is 6.49. The molecule has 1 atom stereocenters. The molecule has 3 nitrogen and oxygen atoms in total. The molecule has 5 heteroatoms. The summed E-state index contributed by atoms with van der Waals surface area (Å²) in [7, 11) is 1.90. The Bertz CT molecular complexity index is 288. The molecule has 1 aliphatic rings. The summed E-state index contributed by atoms with van der Waals surface area (Å²) in [6, 6.07) is 6.59. The number of aromatic nitrogens is 1. The SMILES string of the molecule is CNc1cccc(C2CCCN2)n1.Cl.Cl. The maximum atomic E-state index is 4.50. The third-order valence-electron chi connectivity index (χ3n) is 2.44. The van der Waals surface area contributed by atoms with E-state index in [1.807, 2.05) is 19.2 Å². The van der Waals surface area contributed by atoms with Crippen LogP contribution in [-0.2, 0) is 0 Å². The van der Waals surface area contributed by atoms with Crippen LogP contribution in [0.1, 0.15) is 24.6 Å². The molecule has 15 heavy (non-hydrogen) atoms. The first kappa shape index (κ1) is 14.5. The lowest BCUT2D eigenvalue weighted by Gasteiger charge is -2.10. The van der Waals surface area contributed by atoms with Crippen LogP contribution in [0.4, 0.5) is 5.82 Å². The van der Waals surface area contributed by atoms with Crippen LogP contribution >= 0.6 is 24.8 Å². The number of rotatable bonds is 2. The predicted octanol–water partition coefficient (Wildman–Crippen LogP) is 2.39. The summed E-state index contributed by atoms with van der Waals surface area (Å²) in [6.45, 7) is 1.12. The molecular weight excluding hydrogens is 233 g/mol. The highest BCUT2D eigenvalue weighted by molar-refractivity contribution is 5.85. The van der Waals surface area contributed by atoms with Gasteiger partial charge in [-0.3, -0.25) is 0 Å². The maximum Gasteiger partial charge on any atom is 0.126 e. The first-order valence-electron chi connectivity index (χ1n) is 4.78. The molecule has 0 aromatic carbocycles. The molecule has 1 aromatic heterocycles. The van der Waals surface area contributed by atoms with Gasteiger partial charge in [0.05, 0.1) is 5.69 Å². The Kier molecular flexibility index (Phi) is 6.65. The van der Waals surface area contributed by atoms with Crippen LogP contribution in [0.5, 0.6) is 0 Å². The van der Waals surface area contributed by atoms with Crippen molar-refractivity contribution < 1.29 is 0 Å². The lowest BCUT2D eigenvalue weighted by molar-refractivity contribution is 0.628. The number of halogens is 2. The number of nitrogens with zero attached hydrogens (tertiary/aromatic N) is 1. The second kappa shape index (κ2) is 6.88. The number of anilines is 1. The van der Waals surface area contributed by atoms with E-state index in [0.29, 0.717) is 6.04 Å². The highest BCUT2D eigenvalue weighted by Crippen LogP contribution is 2.21. The average Bonchev–Trinajstić information content (AvgIpc) is 2.71. The molecule has 1 aromatic rings. The molecule has 0 radical (unpaired) electrons. The summed E-state index contributed by atoms with van der Waals surface area (Å²) in [5.41, 5.74) is 1.16. The molecule has 2 heterocycles. The van der Waals surface area contributed by atoms with Gasteiger partial charge in [-0.15, -0.1) is 24.8 Å². The first-order valence-corrected chi connectivity index (χ1v) is 4.78. The fraction of sp³-hybridized carbons (Fsp3) is 0.500. The Morgan fingerprint density at radius 3 is 2.80 bits per heavy atom. The van der Waals surface area contributed by atoms with Gasteiger partial charge >= 0.3 is 0 Å². The summed E-state index contributed by atoms with van der Waals surface area (Å²) in [4.78, 5) is 4.50. The topological polar surface area (TPSA) is 37.0 Å². The lowest BCUT2D eigenvalue weighted by atomic mass is 10.1. The van der Waals surface area contributed by atoms with Crippen molar-refractivity contribution in [3.05, 3.63) is 23.9 Å². The Morgan fingerprint density at radius 2 is 2.20 bits per heavy atom. The fourth-order valence-corrected chi connectivity index (χ4v) is 1.72. The summed E-state index contributed by atoms with van der Waals surface area (Å²) in [6.07, 6.45) is 2.47. The predicted molar refractivity (Wildman–Crippen MR) is 68.3 cm³/mol. The smallest absolute Gasteiger partial charge is 0.126 e. The summed E-state index contributed by atoms with van der Waals surface area (Å²) in [5.74, 6) is 0.950. The second-order valence-electron chi connectivity index (χ2n) is 3.35. The third kappa shape index (κ3) is 3.52. The number of hydrogen-bond acceptors (Lipinski definition) is 3. The number of pyridine rings is 1. The van der Waals surface area contributed by atoms with Crippen molar-refractivity contribution in [3.63, 3.8) is 0 Å². The number of nitrogens with one attached hydrogen (secondary N) is 2. The van der Waals surface area contributed by atoms with Crippen LogP contribution < -0.4 is 10.6 Å². The van der Waals surface area contributed by atoms with Crippen LogP contribution in [0.3, 0.4) is 0 Å². The monoisotopic (exact) mass is 249 g/mol. The molecular formula is C10H17Cl2N3. The molecule has 1 unspecified atom stereocenters. The fourth-order valence-electron chi connectivity index (χ4n) is 1.72. The van der Waals surface area contributed by atoms with Crippen molar-refractivity contribution in [1.82, 2.24) is 10.3 Å². The van der Waals surface area contributed by atoms with Crippen molar-refractivity contribution in [2.45, 2.75) is 18.9 Å². The van der Waals surface area contributed by atoms with Crippen LogP contribution in [0.25, 0.3) is 0 Å². The van der Waals surface area contributed by atoms with Gasteiger partial charge in [0.1, 0.15) is 5.82 Å². The number of hydrogen-bond donors (Lipinski definition) is 2. The molecule has 2 rings (SSSR count). The van der Waals surface area contributed by atoms with Crippen molar-refractivity contribution in [2.24, 2.45) is 0 Å². The van der Waals surface area contributed by atoms with E-state index in [1.165, 1.54) is 12.8 Å². The third-order valence-corrected chi connectivity index (χ3v) is 2.44. The van der Waals surface area contributed by atoms with Crippen molar-refractivity contribution in [3.8, 4) is 0 Å². The first-order chi connectivity index (χ1) is 6.40. The Hall–Kier alpha value is -0.510. The van der Waals surface area contributed by atoms with Crippen LogP contribution in [0.15, 0.2) is 18.2 Å². The van der Waals surface area contributed by atoms with Gasteiger partial charge in [0.25, 0.3) is 0 Å². The largest absolute Gasteiger partial charge is 0.373 e. The van der Waals surface area contributed by atoms with E-state index in [2.05, 4.69) is 21.7 Å². The lowest BCUT2D eigenvalue weighted by Crippen LogP contribution is -2.14. The van der Waals surface area contributed by atoms with Gasteiger partial charge in [-0.2, -0.15) is 0 Å². The molecule has 1 saturated heterocycles. The van der Waals surface area contributed by atoms with E-state index < -0.39 is 0 Å². The Labute approximate surface area is 103 Å². The normalized spacial score (nSPS) is 18.9. The zero-order valence-corrected chi connectivity index (χ0v) is 10.3. The van der Waals surface area contributed by atoms with Gasteiger partial charge in [-0.25, -0.2) is 4.98 Å². The van der Waals surface area contributed by atoms with Crippen LogP contribution in [0.2, 0.25) is 0 Å². The van der Waals surface area contributed by atoms with E-state index in [4.69, 9.17) is 0 Å². The molecule has 0 saturated carbocycles. The molecule has 0 bridgehead atoms. The minimum absolute atomic E-state index is 0. The van der Waals surface area contributed by atoms with E-state index in [9.17, 15) is 0 Å². The molecule has 0 spiro atoms. The van der Waals surface area contributed by atoms with Gasteiger partial charge in [-0.1, -0.05) is 6.07 Å². The van der Waals surface area contributed by atoms with Gasteiger partial charge in [-0.05, 0) is 31.5 Å². The standard InChI is InChI=1S/C10H15N3.2ClH/c1-11-10-6-2-4-9(13-10)8-5-3-7-12-8;;/h2,4,6,8,12H,3,5,7H2,1H3,(H,11,13);2*1H. The van der Waals surface area contributed by atoms with E-state index in [0.717, 1.165) is 18.1 Å². The molecule has 86 valence electrons. The van der Waals surface area contributed by atoms with E-state index >= 15 is 0 Å². The highest BCUT2D eigenvalue weighted by Gasteiger charge is 2.16. The summed E-state index contributed by atoms with van der Waals surface area (Å²) >= 11 is 0. The minimum Gasteiger partial charge on any atom is -0.373 e.